The molecule has 0 saturated heterocycles. The molecule has 0 nitrogen and oxygen atoms in total. The molecule has 0 spiro atoms. The lowest BCUT2D eigenvalue weighted by Crippen LogP contribution is -2.30. The van der Waals surface area contributed by atoms with E-state index in [0.29, 0.717) is 23.7 Å². The van der Waals surface area contributed by atoms with Crippen molar-refractivity contribution in [2.75, 3.05) is 0 Å². The lowest BCUT2D eigenvalue weighted by atomic mass is 9.58. The van der Waals surface area contributed by atoms with Gasteiger partial charge >= 0.3 is 0 Å². The minimum absolute atomic E-state index is 0.391. The summed E-state index contributed by atoms with van der Waals surface area (Å²) in [6, 6.07) is 23.2. The van der Waals surface area contributed by atoms with Gasteiger partial charge in [-0.2, -0.15) is 0 Å². The van der Waals surface area contributed by atoms with E-state index in [2.05, 4.69) is 88.4 Å². The van der Waals surface area contributed by atoms with E-state index in [1.807, 2.05) is 0 Å². The second-order valence-corrected chi connectivity index (χ2v) is 9.02. The van der Waals surface area contributed by atoms with Crippen LogP contribution >= 0.6 is 0 Å². The fraction of sp³-hybridized carbons (Fsp3) is 0.333. The first kappa shape index (κ1) is 16.8. The highest BCUT2D eigenvalue weighted by atomic mass is 14.5. The molecular formula is C27H28. The summed E-state index contributed by atoms with van der Waals surface area (Å²) in [4.78, 5) is 0. The summed E-state index contributed by atoms with van der Waals surface area (Å²) in [6.45, 7) is 9.37. The van der Waals surface area contributed by atoms with Gasteiger partial charge in [0.2, 0.25) is 0 Å². The van der Waals surface area contributed by atoms with Gasteiger partial charge in [-0.3, -0.25) is 0 Å². The van der Waals surface area contributed by atoms with Gasteiger partial charge < -0.3 is 0 Å². The highest BCUT2D eigenvalue weighted by Gasteiger charge is 2.43. The van der Waals surface area contributed by atoms with E-state index in [1.54, 1.807) is 16.7 Å². The SMILES string of the molecule is CC(C)Cc1ccc(C(C)C)c2c1C1c3ccccc3C2c2ccccc21. The molecule has 0 aliphatic heterocycles. The zero-order chi connectivity index (χ0) is 18.7. The molecule has 0 fully saturated rings. The topological polar surface area (TPSA) is 0 Å². The molecule has 0 saturated carbocycles. The fourth-order valence-electron chi connectivity index (χ4n) is 5.51. The molecule has 3 aromatic rings. The van der Waals surface area contributed by atoms with Crippen LogP contribution in [0.3, 0.4) is 0 Å². The zero-order valence-corrected chi connectivity index (χ0v) is 16.8. The molecule has 2 bridgehead atoms. The second-order valence-electron chi connectivity index (χ2n) is 9.02. The molecule has 0 N–H and O–H groups in total. The fourth-order valence-corrected chi connectivity index (χ4v) is 5.51. The average Bonchev–Trinajstić information content (AvgIpc) is 2.67. The zero-order valence-electron chi connectivity index (χ0n) is 16.8. The number of benzene rings is 3. The highest BCUT2D eigenvalue weighted by molar-refractivity contribution is 5.71. The van der Waals surface area contributed by atoms with E-state index in [1.165, 1.54) is 27.8 Å². The Balaban J connectivity index is 1.88. The summed E-state index contributed by atoms with van der Waals surface area (Å²) >= 11 is 0. The van der Waals surface area contributed by atoms with Crippen molar-refractivity contribution >= 4 is 0 Å². The summed E-state index contributed by atoms with van der Waals surface area (Å²) in [6.07, 6.45) is 1.16. The molecular weight excluding hydrogens is 324 g/mol. The van der Waals surface area contributed by atoms with Crippen LogP contribution in [0.25, 0.3) is 0 Å². The van der Waals surface area contributed by atoms with Crippen LogP contribution in [-0.2, 0) is 6.42 Å². The van der Waals surface area contributed by atoms with Gasteiger partial charge in [0.05, 0.1) is 0 Å². The molecule has 0 aromatic heterocycles. The smallest absolute Gasteiger partial charge is 0.0352 e. The van der Waals surface area contributed by atoms with Gasteiger partial charge in [-0.15, -0.1) is 0 Å². The second kappa shape index (κ2) is 6.09. The molecule has 3 aromatic carbocycles. The Morgan fingerprint density at radius 1 is 0.630 bits per heavy atom. The van der Waals surface area contributed by atoms with Crippen molar-refractivity contribution < 1.29 is 0 Å². The minimum atomic E-state index is 0.391. The third-order valence-corrected chi connectivity index (χ3v) is 6.47. The predicted molar refractivity (Wildman–Crippen MR) is 114 cm³/mol. The quantitative estimate of drug-likeness (QED) is 0.328. The minimum Gasteiger partial charge on any atom is -0.0625 e. The Morgan fingerprint density at radius 3 is 1.56 bits per heavy atom. The van der Waals surface area contributed by atoms with Crippen LogP contribution in [0.4, 0.5) is 0 Å². The Hall–Kier alpha value is -2.34. The van der Waals surface area contributed by atoms with Crippen molar-refractivity contribution in [3.05, 3.63) is 105 Å². The molecule has 27 heavy (non-hydrogen) atoms. The van der Waals surface area contributed by atoms with E-state index in [4.69, 9.17) is 0 Å². The molecule has 0 radical (unpaired) electrons. The van der Waals surface area contributed by atoms with Crippen LogP contribution in [0.1, 0.15) is 90.0 Å². The van der Waals surface area contributed by atoms with Gasteiger partial charge in [0.25, 0.3) is 0 Å². The monoisotopic (exact) mass is 352 g/mol. The van der Waals surface area contributed by atoms with E-state index in [-0.39, 0.29) is 0 Å². The van der Waals surface area contributed by atoms with Gasteiger partial charge in [-0.05, 0) is 62.8 Å². The van der Waals surface area contributed by atoms with E-state index in [0.717, 1.165) is 6.42 Å². The van der Waals surface area contributed by atoms with Gasteiger partial charge in [0.15, 0.2) is 0 Å². The van der Waals surface area contributed by atoms with E-state index >= 15 is 0 Å². The number of hydrogen-bond acceptors (Lipinski definition) is 0. The Labute approximate surface area is 163 Å². The summed E-state index contributed by atoms with van der Waals surface area (Å²) in [7, 11) is 0. The van der Waals surface area contributed by atoms with Crippen LogP contribution in [0.5, 0.6) is 0 Å². The van der Waals surface area contributed by atoms with Crippen LogP contribution in [0.15, 0.2) is 60.7 Å². The maximum atomic E-state index is 2.43. The normalized spacial score (nSPS) is 19.2. The number of hydrogen-bond donors (Lipinski definition) is 0. The van der Waals surface area contributed by atoms with Crippen molar-refractivity contribution in [1.29, 1.82) is 0 Å². The molecule has 6 rings (SSSR count). The summed E-state index contributed by atoms with van der Waals surface area (Å²) in [5, 5.41) is 0. The van der Waals surface area contributed by atoms with Crippen LogP contribution in [0.2, 0.25) is 0 Å². The molecule has 0 heterocycles. The predicted octanol–water partition coefficient (Wildman–Crippen LogP) is 7.00. The van der Waals surface area contributed by atoms with Crippen molar-refractivity contribution in [2.24, 2.45) is 5.92 Å². The van der Waals surface area contributed by atoms with Crippen LogP contribution < -0.4 is 0 Å². The molecule has 3 aliphatic rings. The maximum Gasteiger partial charge on any atom is 0.0352 e. The Bertz CT molecular complexity index is 974. The Morgan fingerprint density at radius 2 is 1.11 bits per heavy atom. The number of rotatable bonds is 3. The van der Waals surface area contributed by atoms with Gasteiger partial charge in [0, 0.05) is 11.8 Å². The molecule has 3 aliphatic carbocycles. The summed E-state index contributed by atoms with van der Waals surface area (Å²) in [5.41, 5.74) is 12.4. The lowest BCUT2D eigenvalue weighted by molar-refractivity contribution is 0.630. The first-order valence-corrected chi connectivity index (χ1v) is 10.4. The van der Waals surface area contributed by atoms with E-state index < -0.39 is 0 Å². The largest absolute Gasteiger partial charge is 0.0625 e. The first-order valence-electron chi connectivity index (χ1n) is 10.4. The third kappa shape index (κ3) is 2.35. The molecule has 136 valence electrons. The van der Waals surface area contributed by atoms with E-state index in [9.17, 15) is 0 Å². The molecule has 0 heteroatoms. The van der Waals surface area contributed by atoms with Crippen LogP contribution in [0, 0.1) is 5.92 Å². The molecule has 0 amide bonds. The summed E-state index contributed by atoms with van der Waals surface area (Å²) in [5.74, 6) is 2.00. The summed E-state index contributed by atoms with van der Waals surface area (Å²) < 4.78 is 0. The van der Waals surface area contributed by atoms with Gasteiger partial charge in [-0.1, -0.05) is 88.4 Å². The average molecular weight is 353 g/mol. The van der Waals surface area contributed by atoms with Gasteiger partial charge in [-0.25, -0.2) is 0 Å². The van der Waals surface area contributed by atoms with Crippen molar-refractivity contribution in [2.45, 2.75) is 51.9 Å². The van der Waals surface area contributed by atoms with Crippen molar-refractivity contribution in [3.63, 3.8) is 0 Å². The van der Waals surface area contributed by atoms with Crippen molar-refractivity contribution in [3.8, 4) is 0 Å². The maximum absolute atomic E-state index is 2.43. The highest BCUT2D eigenvalue weighted by Crippen LogP contribution is 2.58. The van der Waals surface area contributed by atoms with Gasteiger partial charge in [0.1, 0.15) is 0 Å². The molecule has 0 unspecified atom stereocenters. The van der Waals surface area contributed by atoms with Crippen molar-refractivity contribution in [1.82, 2.24) is 0 Å². The standard InChI is InChI=1S/C27H28/c1-16(2)15-18-13-14-19(17(3)4)27-24(18)25-20-9-5-7-11-22(20)26(27)23-12-8-6-10-21(23)25/h5-14,16-17,25-26H,15H2,1-4H3. The molecule has 0 atom stereocenters. The lowest BCUT2D eigenvalue weighted by Gasteiger charge is -2.44. The third-order valence-electron chi connectivity index (χ3n) is 6.47. The first-order chi connectivity index (χ1) is 13.1. The van der Waals surface area contributed by atoms with Crippen LogP contribution in [-0.4, -0.2) is 0 Å². The Kier molecular flexibility index (Phi) is 3.79.